The molecule has 1 amide bonds. The molecule has 1 saturated heterocycles. The fourth-order valence-electron chi connectivity index (χ4n) is 15.5. The zero-order valence-corrected chi connectivity index (χ0v) is 38.2. The van der Waals surface area contributed by atoms with Crippen molar-refractivity contribution in [3.63, 3.8) is 0 Å². The quantitative estimate of drug-likeness (QED) is 0.224. The first kappa shape index (κ1) is 43.6. The fraction of sp³-hybridized carbons (Fsp3) is 0.765. The van der Waals surface area contributed by atoms with Crippen molar-refractivity contribution in [1.29, 1.82) is 0 Å². The van der Waals surface area contributed by atoms with Crippen molar-refractivity contribution in [2.24, 2.45) is 68.0 Å². The molecule has 330 valence electrons. The molecule has 6 aliphatic carbocycles. The molecule has 1 heterocycles. The molecule has 60 heavy (non-hydrogen) atoms. The van der Waals surface area contributed by atoms with E-state index in [-0.39, 0.29) is 63.2 Å². The second-order valence-electron chi connectivity index (χ2n) is 22.9. The summed E-state index contributed by atoms with van der Waals surface area (Å²) in [5.41, 5.74) is 3.61. The predicted molar refractivity (Wildman–Crippen MR) is 231 cm³/mol. The lowest BCUT2D eigenvalue weighted by molar-refractivity contribution is -0.236. The Morgan fingerprint density at radius 2 is 1.52 bits per heavy atom. The number of hydrogen-bond donors (Lipinski definition) is 2. The van der Waals surface area contributed by atoms with Gasteiger partial charge in [0.15, 0.2) is 5.78 Å². The van der Waals surface area contributed by atoms with Gasteiger partial charge < -0.3 is 19.9 Å². The van der Waals surface area contributed by atoms with Crippen LogP contribution in [0.4, 0.5) is 0 Å². The number of nitrogens with zero attached hydrogens (tertiary/aromatic N) is 1. The minimum absolute atomic E-state index is 0.00310. The van der Waals surface area contributed by atoms with Crippen LogP contribution in [0.1, 0.15) is 144 Å². The van der Waals surface area contributed by atoms with Gasteiger partial charge in [0.2, 0.25) is 5.91 Å². The topological polar surface area (TPSA) is 122 Å². The molecule has 1 aliphatic heterocycles. The van der Waals surface area contributed by atoms with Crippen molar-refractivity contribution in [3.05, 3.63) is 46.5 Å². The van der Waals surface area contributed by atoms with Crippen LogP contribution in [0.2, 0.25) is 0 Å². The Morgan fingerprint density at radius 1 is 0.833 bits per heavy atom. The third kappa shape index (κ3) is 6.84. The third-order valence-corrected chi connectivity index (χ3v) is 19.1. The van der Waals surface area contributed by atoms with Crippen LogP contribution in [-0.2, 0) is 41.7 Å². The number of morpholine rings is 1. The fourth-order valence-corrected chi connectivity index (χ4v) is 15.5. The number of benzene rings is 1. The van der Waals surface area contributed by atoms with Crippen LogP contribution in [0.3, 0.4) is 0 Å². The van der Waals surface area contributed by atoms with E-state index in [1.54, 1.807) is 0 Å². The molecule has 6 fully saturated rings. The van der Waals surface area contributed by atoms with Crippen molar-refractivity contribution in [2.75, 3.05) is 26.3 Å². The van der Waals surface area contributed by atoms with Gasteiger partial charge in [-0.15, -0.1) is 0 Å². The van der Waals surface area contributed by atoms with Crippen LogP contribution < -0.4 is 5.32 Å². The van der Waals surface area contributed by atoms with Gasteiger partial charge in [0, 0.05) is 49.9 Å². The van der Waals surface area contributed by atoms with Gasteiger partial charge in [-0.25, -0.2) is 0 Å². The van der Waals surface area contributed by atoms with Crippen molar-refractivity contribution in [2.45, 2.75) is 152 Å². The van der Waals surface area contributed by atoms with E-state index in [9.17, 15) is 24.3 Å². The molecule has 0 spiro atoms. The third-order valence-electron chi connectivity index (χ3n) is 19.1. The number of fused-ring (bicyclic) bond motifs is 7. The van der Waals surface area contributed by atoms with E-state index in [0.717, 1.165) is 95.4 Å². The average Bonchev–Trinajstić information content (AvgIpc) is 3.47. The molecule has 7 aliphatic rings. The van der Waals surface area contributed by atoms with E-state index in [0.29, 0.717) is 37.6 Å². The highest BCUT2D eigenvalue weighted by Gasteiger charge is 2.70. The van der Waals surface area contributed by atoms with Gasteiger partial charge in [0.1, 0.15) is 6.10 Å². The Morgan fingerprint density at radius 3 is 2.17 bits per heavy atom. The Hall–Kier alpha value is -3.04. The number of allylic oxidation sites excluding steroid dienone is 2. The molecular weight excluding hydrogens is 753 g/mol. The number of ether oxygens (including phenoxy) is 2. The molecular formula is C51H74N2O7. The monoisotopic (exact) mass is 827 g/mol. The van der Waals surface area contributed by atoms with E-state index in [1.807, 2.05) is 13.8 Å². The van der Waals surface area contributed by atoms with E-state index in [2.05, 4.69) is 82.9 Å². The van der Waals surface area contributed by atoms with Crippen molar-refractivity contribution in [3.8, 4) is 0 Å². The number of aliphatic carboxylic acids is 1. The summed E-state index contributed by atoms with van der Waals surface area (Å²) in [6.07, 6.45) is 9.01. The highest BCUT2D eigenvalue weighted by molar-refractivity contribution is 6.01. The number of Topliss-reactive ketones (excluding diaryl/α,β-unsaturated/α-hetero) is 1. The highest BCUT2D eigenvalue weighted by Crippen LogP contribution is 2.77. The first-order chi connectivity index (χ1) is 28.2. The molecule has 0 radical (unpaired) electrons. The van der Waals surface area contributed by atoms with Crippen molar-refractivity contribution >= 4 is 23.6 Å². The van der Waals surface area contributed by atoms with Crippen LogP contribution in [-0.4, -0.2) is 66.0 Å². The van der Waals surface area contributed by atoms with Crippen LogP contribution in [0, 0.1) is 68.0 Å². The predicted octanol–water partition coefficient (Wildman–Crippen LogP) is 9.16. The van der Waals surface area contributed by atoms with Gasteiger partial charge in [0.25, 0.3) is 0 Å². The summed E-state index contributed by atoms with van der Waals surface area (Å²) >= 11 is 0. The largest absolute Gasteiger partial charge is 0.481 e. The molecule has 10 atom stereocenters. The molecule has 2 N–H and O–H groups in total. The number of nitrogens with one attached hydrogen (secondary N) is 1. The molecule has 0 bridgehead atoms. The summed E-state index contributed by atoms with van der Waals surface area (Å²) in [5, 5.41) is 13.0. The Balaban J connectivity index is 0.977. The normalized spacial score (nSPS) is 39.5. The zero-order chi connectivity index (χ0) is 43.2. The Kier molecular flexibility index (Phi) is 11.2. The number of esters is 1. The number of ketones is 1. The smallest absolute Gasteiger partial charge is 0.309 e. The maximum Gasteiger partial charge on any atom is 0.309 e. The van der Waals surface area contributed by atoms with Crippen LogP contribution >= 0.6 is 0 Å². The zero-order valence-electron chi connectivity index (χ0n) is 38.2. The van der Waals surface area contributed by atoms with Gasteiger partial charge in [-0.3, -0.25) is 24.1 Å². The first-order valence-electron chi connectivity index (χ1n) is 23.5. The lowest BCUT2D eigenvalue weighted by Gasteiger charge is -2.72. The minimum Gasteiger partial charge on any atom is -0.481 e. The molecule has 0 aromatic heterocycles. The first-order valence-corrected chi connectivity index (χ1v) is 23.5. The van der Waals surface area contributed by atoms with Gasteiger partial charge in [0.05, 0.1) is 25.0 Å². The Labute approximate surface area is 359 Å². The molecule has 1 aromatic carbocycles. The second-order valence-corrected chi connectivity index (χ2v) is 22.9. The van der Waals surface area contributed by atoms with E-state index in [4.69, 9.17) is 9.47 Å². The summed E-state index contributed by atoms with van der Waals surface area (Å²) in [7, 11) is 0. The number of hydrogen-bond acceptors (Lipinski definition) is 7. The number of amides is 1. The molecule has 9 nitrogen and oxygen atoms in total. The molecule has 9 heteroatoms. The van der Waals surface area contributed by atoms with Crippen LogP contribution in [0.15, 0.2) is 35.4 Å². The summed E-state index contributed by atoms with van der Waals surface area (Å²) in [5.74, 6) is -0.361. The maximum atomic E-state index is 14.2. The van der Waals surface area contributed by atoms with E-state index in [1.165, 1.54) is 11.1 Å². The number of carbonyl (C=O) groups is 4. The summed E-state index contributed by atoms with van der Waals surface area (Å²) in [6.45, 7) is 25.3. The number of carboxylic acids is 1. The standard InChI is InChI=1S/C51H74N2O7/c1-31(2)42-37(54)27-51(28-41(55)52-29-32-10-12-33(13-11-32)30-53-22-24-59-25-23-53)21-20-49(8)34(43(42)51)14-15-39-48(7)18-17-40(47(5,6)38(48)16-19-50(39,49)9)60-45(58)36-26-35(44(56)57)46(36,3)4/h10-13,31,34-36,38-40H,14-30H2,1-9H3,(H,52,55)(H,56,57)/t34-,35+,36-,38+,39-,40+,48+,49-,50-,51+/m1/s1. The lowest BCUT2D eigenvalue weighted by atomic mass is 9.33. The second kappa shape index (κ2) is 15.3. The average molecular weight is 827 g/mol. The van der Waals surface area contributed by atoms with Crippen molar-refractivity contribution < 1.29 is 33.8 Å². The molecule has 5 saturated carbocycles. The van der Waals surface area contributed by atoms with Gasteiger partial charge in [-0.1, -0.05) is 92.2 Å². The minimum atomic E-state index is -0.829. The van der Waals surface area contributed by atoms with Crippen molar-refractivity contribution in [1.82, 2.24) is 10.2 Å². The SMILES string of the molecule is CC(C)C1=C2[C@H]3CC[C@@H]4[C@@]5(C)CC[C@H](OC(=O)[C@H]6C[C@@H](C(=O)O)C6(C)C)C(C)(C)[C@@H]5CC[C@@]4(C)[C@]3(C)CC[C@@]2(CC(=O)NCc2ccc(CN3CCOCC3)cc2)CC1=O. The highest BCUT2D eigenvalue weighted by atomic mass is 16.5. The van der Waals surface area contributed by atoms with E-state index >= 15 is 0 Å². The molecule has 8 rings (SSSR count). The number of carboxylic acid groups (broad SMARTS) is 1. The number of carbonyl (C=O) groups excluding carboxylic acids is 3. The maximum absolute atomic E-state index is 14.2. The van der Waals surface area contributed by atoms with Gasteiger partial charge >= 0.3 is 11.9 Å². The Bertz CT molecular complexity index is 1910. The summed E-state index contributed by atoms with van der Waals surface area (Å²) in [6, 6.07) is 8.60. The van der Waals surface area contributed by atoms with Crippen LogP contribution in [0.5, 0.6) is 0 Å². The van der Waals surface area contributed by atoms with Crippen LogP contribution in [0.25, 0.3) is 0 Å². The molecule has 1 aromatic rings. The lowest BCUT2D eigenvalue weighted by Crippen LogP contribution is -2.66. The molecule has 0 unspecified atom stereocenters. The van der Waals surface area contributed by atoms with E-state index < -0.39 is 22.7 Å². The van der Waals surface area contributed by atoms with Gasteiger partial charge in [-0.05, 0) is 120 Å². The number of rotatable bonds is 10. The summed E-state index contributed by atoms with van der Waals surface area (Å²) in [4.78, 5) is 56.1. The van der Waals surface area contributed by atoms with Gasteiger partial charge in [-0.2, -0.15) is 0 Å². The summed E-state index contributed by atoms with van der Waals surface area (Å²) < 4.78 is 11.9.